The van der Waals surface area contributed by atoms with Crippen LogP contribution in [0.5, 0.6) is 5.88 Å². The minimum Gasteiger partial charge on any atom is -0.481 e. The van der Waals surface area contributed by atoms with Crippen LogP contribution in [0.25, 0.3) is 0 Å². The molecule has 0 spiro atoms. The molecule has 0 aliphatic rings. The van der Waals surface area contributed by atoms with Gasteiger partial charge in [0.05, 0.1) is 7.11 Å². The van der Waals surface area contributed by atoms with Gasteiger partial charge in [0.25, 0.3) is 0 Å². The van der Waals surface area contributed by atoms with Crippen molar-refractivity contribution in [1.82, 2.24) is 15.0 Å². The maximum atomic E-state index is 5.58. The van der Waals surface area contributed by atoms with Gasteiger partial charge in [-0.05, 0) is 6.07 Å². The van der Waals surface area contributed by atoms with Crippen molar-refractivity contribution < 1.29 is 4.74 Å². The maximum Gasteiger partial charge on any atom is 0.223 e. The Hall–Kier alpha value is -2.57. The first-order valence-corrected chi connectivity index (χ1v) is 5.31. The fourth-order valence-corrected chi connectivity index (χ4v) is 1.50. The van der Waals surface area contributed by atoms with E-state index in [1.807, 2.05) is 12.1 Å². The molecule has 2 rings (SSSR count). The predicted molar refractivity (Wildman–Crippen MR) is 69.0 cm³/mol. The third-order valence-electron chi connectivity index (χ3n) is 2.27. The SMILES string of the molecule is COc1ncccc1CNc1cc(N)nc(N)n1. The molecule has 2 heterocycles. The first kappa shape index (κ1) is 11.9. The second-order valence-electron chi connectivity index (χ2n) is 3.56. The third kappa shape index (κ3) is 2.76. The minimum atomic E-state index is 0.135. The molecule has 0 atom stereocenters. The zero-order valence-corrected chi connectivity index (χ0v) is 9.92. The van der Waals surface area contributed by atoms with Gasteiger partial charge in [-0.25, -0.2) is 4.98 Å². The summed E-state index contributed by atoms with van der Waals surface area (Å²) >= 11 is 0. The van der Waals surface area contributed by atoms with E-state index in [1.165, 1.54) is 0 Å². The Morgan fingerprint density at radius 2 is 2.17 bits per heavy atom. The molecule has 0 saturated carbocycles. The van der Waals surface area contributed by atoms with Crippen LogP contribution in [0.2, 0.25) is 0 Å². The number of hydrogen-bond donors (Lipinski definition) is 3. The van der Waals surface area contributed by atoms with Crippen molar-refractivity contribution in [1.29, 1.82) is 0 Å². The minimum absolute atomic E-state index is 0.135. The van der Waals surface area contributed by atoms with Gasteiger partial charge in [-0.2, -0.15) is 9.97 Å². The maximum absolute atomic E-state index is 5.58. The summed E-state index contributed by atoms with van der Waals surface area (Å²) in [5.41, 5.74) is 12.0. The molecule has 0 amide bonds. The number of nitrogens with one attached hydrogen (secondary N) is 1. The zero-order valence-electron chi connectivity index (χ0n) is 9.92. The number of hydrogen-bond acceptors (Lipinski definition) is 7. The monoisotopic (exact) mass is 246 g/mol. The van der Waals surface area contributed by atoms with Crippen molar-refractivity contribution >= 4 is 17.6 Å². The Balaban J connectivity index is 2.11. The summed E-state index contributed by atoms with van der Waals surface area (Å²) in [6.07, 6.45) is 1.67. The van der Waals surface area contributed by atoms with E-state index in [9.17, 15) is 0 Å². The standard InChI is InChI=1S/C11H14N6O/c1-18-10-7(3-2-4-14-10)6-15-9-5-8(12)16-11(13)17-9/h2-5H,6H2,1H3,(H5,12,13,15,16,17). The van der Waals surface area contributed by atoms with Gasteiger partial charge in [0.2, 0.25) is 11.8 Å². The quantitative estimate of drug-likeness (QED) is 0.726. The lowest BCUT2D eigenvalue weighted by molar-refractivity contribution is 0.393. The van der Waals surface area contributed by atoms with Crippen molar-refractivity contribution in [2.45, 2.75) is 6.54 Å². The molecule has 2 aromatic heterocycles. The fourth-order valence-electron chi connectivity index (χ4n) is 1.50. The molecule has 2 aromatic rings. The van der Waals surface area contributed by atoms with Gasteiger partial charge in [0, 0.05) is 24.4 Å². The Morgan fingerprint density at radius 3 is 2.89 bits per heavy atom. The van der Waals surface area contributed by atoms with Crippen molar-refractivity contribution in [3.05, 3.63) is 30.0 Å². The topological polar surface area (TPSA) is 112 Å². The van der Waals surface area contributed by atoms with Crippen molar-refractivity contribution in [2.75, 3.05) is 23.9 Å². The van der Waals surface area contributed by atoms with Crippen LogP contribution >= 0.6 is 0 Å². The number of methoxy groups -OCH3 is 1. The van der Waals surface area contributed by atoms with E-state index >= 15 is 0 Å². The molecule has 7 heteroatoms. The van der Waals surface area contributed by atoms with E-state index < -0.39 is 0 Å². The van der Waals surface area contributed by atoms with E-state index in [1.54, 1.807) is 19.4 Å². The summed E-state index contributed by atoms with van der Waals surface area (Å²) in [7, 11) is 1.58. The summed E-state index contributed by atoms with van der Waals surface area (Å²) in [5, 5.41) is 3.09. The van der Waals surface area contributed by atoms with Gasteiger partial charge >= 0.3 is 0 Å². The lowest BCUT2D eigenvalue weighted by atomic mass is 10.2. The molecule has 0 saturated heterocycles. The summed E-state index contributed by atoms with van der Waals surface area (Å²) in [6.45, 7) is 0.507. The van der Waals surface area contributed by atoms with Gasteiger partial charge in [-0.1, -0.05) is 6.07 Å². The second kappa shape index (κ2) is 5.17. The van der Waals surface area contributed by atoms with Crippen LogP contribution in [0.3, 0.4) is 0 Å². The number of aromatic nitrogens is 3. The van der Waals surface area contributed by atoms with Crippen LogP contribution < -0.4 is 21.5 Å². The van der Waals surface area contributed by atoms with Crippen molar-refractivity contribution in [3.63, 3.8) is 0 Å². The number of ether oxygens (including phenoxy) is 1. The lowest BCUT2D eigenvalue weighted by Crippen LogP contribution is -2.07. The molecular formula is C11H14N6O. The molecule has 94 valence electrons. The van der Waals surface area contributed by atoms with Crippen LogP contribution in [0, 0.1) is 0 Å². The number of anilines is 3. The first-order valence-electron chi connectivity index (χ1n) is 5.31. The van der Waals surface area contributed by atoms with E-state index in [0.29, 0.717) is 24.1 Å². The Kier molecular flexibility index (Phi) is 3.42. The summed E-state index contributed by atoms with van der Waals surface area (Å²) in [6, 6.07) is 5.36. The van der Waals surface area contributed by atoms with E-state index in [2.05, 4.69) is 20.3 Å². The van der Waals surface area contributed by atoms with Crippen molar-refractivity contribution in [2.24, 2.45) is 0 Å². The third-order valence-corrected chi connectivity index (χ3v) is 2.27. The molecule has 18 heavy (non-hydrogen) atoms. The number of nitrogens with two attached hydrogens (primary N) is 2. The van der Waals surface area contributed by atoms with Crippen LogP contribution in [-0.2, 0) is 6.54 Å². The molecular weight excluding hydrogens is 232 g/mol. The van der Waals surface area contributed by atoms with Gasteiger partial charge in [0.1, 0.15) is 11.6 Å². The number of pyridine rings is 1. The highest BCUT2D eigenvalue weighted by Gasteiger charge is 2.04. The van der Waals surface area contributed by atoms with Crippen LogP contribution in [-0.4, -0.2) is 22.1 Å². The van der Waals surface area contributed by atoms with Crippen LogP contribution in [0.15, 0.2) is 24.4 Å². The molecule has 5 N–H and O–H groups in total. The zero-order chi connectivity index (χ0) is 13.0. The van der Waals surface area contributed by atoms with Crippen LogP contribution in [0.4, 0.5) is 17.6 Å². The average molecular weight is 246 g/mol. The average Bonchev–Trinajstić information content (AvgIpc) is 2.35. The smallest absolute Gasteiger partial charge is 0.223 e. The number of nitrogen functional groups attached to an aromatic ring is 2. The molecule has 0 aliphatic heterocycles. The molecule has 0 aromatic carbocycles. The molecule has 0 bridgehead atoms. The van der Waals surface area contributed by atoms with Gasteiger partial charge < -0.3 is 21.5 Å². The molecule has 7 nitrogen and oxygen atoms in total. The van der Waals surface area contributed by atoms with E-state index in [-0.39, 0.29) is 5.95 Å². The highest BCUT2D eigenvalue weighted by atomic mass is 16.5. The lowest BCUT2D eigenvalue weighted by Gasteiger charge is -2.09. The number of rotatable bonds is 4. The van der Waals surface area contributed by atoms with Gasteiger partial charge in [-0.15, -0.1) is 0 Å². The van der Waals surface area contributed by atoms with Crippen molar-refractivity contribution in [3.8, 4) is 5.88 Å². The Morgan fingerprint density at radius 1 is 1.33 bits per heavy atom. The van der Waals surface area contributed by atoms with E-state index in [0.717, 1.165) is 5.56 Å². The first-order chi connectivity index (χ1) is 8.69. The second-order valence-corrected chi connectivity index (χ2v) is 3.56. The Labute approximate surface area is 104 Å². The molecule has 0 unspecified atom stereocenters. The van der Waals surface area contributed by atoms with Crippen LogP contribution in [0.1, 0.15) is 5.56 Å². The largest absolute Gasteiger partial charge is 0.481 e. The normalized spacial score (nSPS) is 10.1. The molecule has 0 fully saturated rings. The number of nitrogens with zero attached hydrogens (tertiary/aromatic N) is 3. The summed E-state index contributed by atoms with van der Waals surface area (Å²) < 4.78 is 5.15. The van der Waals surface area contributed by atoms with E-state index in [4.69, 9.17) is 16.2 Å². The fraction of sp³-hybridized carbons (Fsp3) is 0.182. The highest BCUT2D eigenvalue weighted by Crippen LogP contribution is 2.16. The summed E-state index contributed by atoms with van der Waals surface area (Å²) in [5.74, 6) is 1.59. The molecule has 0 aliphatic carbocycles. The Bertz CT molecular complexity index is 525. The molecule has 0 radical (unpaired) electrons. The predicted octanol–water partition coefficient (Wildman–Crippen LogP) is 0.657. The summed E-state index contributed by atoms with van der Waals surface area (Å²) in [4.78, 5) is 11.9. The van der Waals surface area contributed by atoms with Gasteiger partial charge in [-0.3, -0.25) is 0 Å². The van der Waals surface area contributed by atoms with Gasteiger partial charge in [0.15, 0.2) is 0 Å². The highest BCUT2D eigenvalue weighted by molar-refractivity contribution is 5.49.